The molecule has 0 radical (unpaired) electrons. The number of aryl methyl sites for hydroxylation is 2. The van der Waals surface area contributed by atoms with E-state index in [1.807, 2.05) is 52.4 Å². The largest absolute Gasteiger partial charge is 0.326 e. The third kappa shape index (κ3) is 3.38. The lowest BCUT2D eigenvalue weighted by molar-refractivity contribution is -0.674. The molecule has 2 aromatic carbocycles. The Morgan fingerprint density at radius 1 is 0.960 bits per heavy atom. The van der Waals surface area contributed by atoms with E-state index in [1.54, 1.807) is 0 Å². The number of aromatic nitrogens is 4. The smallest absolute Gasteiger partial charge is 0.243 e. The van der Waals surface area contributed by atoms with Gasteiger partial charge in [-0.2, -0.15) is 5.10 Å². The van der Waals surface area contributed by atoms with Crippen molar-refractivity contribution in [1.29, 1.82) is 0 Å². The second-order valence-electron chi connectivity index (χ2n) is 6.30. The summed E-state index contributed by atoms with van der Waals surface area (Å²) < 4.78 is 5.85. The van der Waals surface area contributed by atoms with E-state index in [9.17, 15) is 0 Å². The van der Waals surface area contributed by atoms with E-state index < -0.39 is 0 Å². The van der Waals surface area contributed by atoms with Crippen LogP contribution < -0.4 is 4.57 Å². The summed E-state index contributed by atoms with van der Waals surface area (Å²) in [5, 5.41) is 4.49. The number of imidazole rings is 1. The molecule has 0 spiro atoms. The molecule has 0 aliphatic heterocycles. The van der Waals surface area contributed by atoms with Crippen LogP contribution in [0.5, 0.6) is 0 Å². The zero-order valence-electron chi connectivity index (χ0n) is 14.4. The van der Waals surface area contributed by atoms with Crippen LogP contribution in [-0.2, 0) is 13.5 Å². The molecule has 4 nitrogen and oxygen atoms in total. The average Bonchev–Trinajstić information content (AvgIpc) is 3.24. The Morgan fingerprint density at radius 2 is 1.68 bits per heavy atom. The molecule has 0 fully saturated rings. The van der Waals surface area contributed by atoms with Crippen LogP contribution in [0.15, 0.2) is 73.2 Å². The molecule has 2 heterocycles. The minimum absolute atomic E-state index is 0.884. The Hall–Kier alpha value is -3.14. The topological polar surface area (TPSA) is 26.6 Å². The average molecular weight is 328 g/mol. The van der Waals surface area contributed by atoms with E-state index in [4.69, 9.17) is 0 Å². The van der Waals surface area contributed by atoms with E-state index >= 15 is 0 Å². The van der Waals surface area contributed by atoms with Gasteiger partial charge in [0, 0.05) is 18.6 Å². The first-order valence-electron chi connectivity index (χ1n) is 8.35. The summed E-state index contributed by atoms with van der Waals surface area (Å²) in [4.78, 5) is 0. The molecule has 2 aromatic heterocycles. The van der Waals surface area contributed by atoms with E-state index in [0.717, 1.165) is 23.5 Å². The highest BCUT2D eigenvalue weighted by Crippen LogP contribution is 2.17. The van der Waals surface area contributed by atoms with E-state index in [1.165, 1.54) is 11.1 Å². The Balaban J connectivity index is 1.60. The van der Waals surface area contributed by atoms with Crippen molar-refractivity contribution in [3.8, 4) is 11.4 Å². The van der Waals surface area contributed by atoms with Gasteiger partial charge in [0.1, 0.15) is 0 Å². The lowest BCUT2D eigenvalue weighted by Gasteiger charge is -2.08. The minimum Gasteiger partial charge on any atom is -0.326 e. The first kappa shape index (κ1) is 15.4. The third-order valence-corrected chi connectivity index (χ3v) is 4.20. The van der Waals surface area contributed by atoms with Crippen LogP contribution in [0, 0.1) is 13.3 Å². The van der Waals surface area contributed by atoms with Crippen LogP contribution in [0.4, 0.5) is 0 Å². The SMILES string of the molecule is Cc1ccn(-c2cccc(Cc3cccc(-n4[c-][n+](C)cc4)c3)c2)n1. The second kappa shape index (κ2) is 6.40. The molecule has 0 aliphatic carbocycles. The maximum absolute atomic E-state index is 4.49. The van der Waals surface area contributed by atoms with Crippen LogP contribution in [0.25, 0.3) is 11.4 Å². The molecular weight excluding hydrogens is 308 g/mol. The first-order valence-corrected chi connectivity index (χ1v) is 8.35. The van der Waals surface area contributed by atoms with Crippen LogP contribution >= 0.6 is 0 Å². The molecule has 4 rings (SSSR count). The molecule has 0 unspecified atom stereocenters. The number of hydrogen-bond donors (Lipinski definition) is 0. The third-order valence-electron chi connectivity index (χ3n) is 4.20. The zero-order valence-corrected chi connectivity index (χ0v) is 14.4. The van der Waals surface area contributed by atoms with Crippen molar-refractivity contribution in [1.82, 2.24) is 14.3 Å². The number of benzene rings is 2. The highest BCUT2D eigenvalue weighted by atomic mass is 15.3. The Bertz CT molecular complexity index is 928. The summed E-state index contributed by atoms with van der Waals surface area (Å²) in [5.41, 5.74) is 5.78. The number of rotatable bonds is 4. The van der Waals surface area contributed by atoms with Crippen LogP contribution in [0.2, 0.25) is 0 Å². The fraction of sp³-hybridized carbons (Fsp3) is 0.143. The van der Waals surface area contributed by atoms with Gasteiger partial charge in [-0.05, 0) is 42.7 Å². The zero-order chi connectivity index (χ0) is 17.2. The van der Waals surface area contributed by atoms with Crippen molar-refractivity contribution in [3.63, 3.8) is 0 Å². The van der Waals surface area contributed by atoms with Crippen molar-refractivity contribution in [3.05, 3.63) is 96.3 Å². The van der Waals surface area contributed by atoms with Gasteiger partial charge in [-0.3, -0.25) is 0 Å². The lowest BCUT2D eigenvalue weighted by atomic mass is 10.0. The van der Waals surface area contributed by atoms with E-state index in [2.05, 4.69) is 60.0 Å². The molecule has 25 heavy (non-hydrogen) atoms. The van der Waals surface area contributed by atoms with Gasteiger partial charge in [0.15, 0.2) is 0 Å². The molecule has 0 N–H and O–H groups in total. The van der Waals surface area contributed by atoms with Crippen molar-refractivity contribution in [2.45, 2.75) is 13.3 Å². The normalized spacial score (nSPS) is 11.0. The van der Waals surface area contributed by atoms with E-state index in [-0.39, 0.29) is 0 Å². The van der Waals surface area contributed by atoms with Gasteiger partial charge in [-0.15, -0.1) is 0 Å². The lowest BCUT2D eigenvalue weighted by Crippen LogP contribution is -2.24. The molecule has 4 aromatic rings. The summed E-state index contributed by atoms with van der Waals surface area (Å²) in [5.74, 6) is 0. The van der Waals surface area contributed by atoms with Crippen molar-refractivity contribution in [2.24, 2.45) is 7.05 Å². The van der Waals surface area contributed by atoms with E-state index in [0.29, 0.717) is 0 Å². The Morgan fingerprint density at radius 3 is 2.32 bits per heavy atom. The molecule has 0 saturated carbocycles. The van der Waals surface area contributed by atoms with Crippen molar-refractivity contribution >= 4 is 0 Å². The fourth-order valence-corrected chi connectivity index (χ4v) is 2.97. The van der Waals surface area contributed by atoms with Gasteiger partial charge in [-0.1, -0.05) is 36.4 Å². The summed E-state index contributed by atoms with van der Waals surface area (Å²) in [6.45, 7) is 2.00. The molecule has 124 valence electrons. The molecule has 0 atom stereocenters. The quantitative estimate of drug-likeness (QED) is 0.417. The van der Waals surface area contributed by atoms with Crippen LogP contribution in [0.3, 0.4) is 0 Å². The molecular formula is C21H20N4. The predicted molar refractivity (Wildman–Crippen MR) is 96.9 cm³/mol. The van der Waals surface area contributed by atoms with Gasteiger partial charge in [-0.25, -0.2) is 4.68 Å². The summed E-state index contributed by atoms with van der Waals surface area (Å²) in [7, 11) is 1.98. The standard InChI is InChI=1S/C21H20N4/c1-17-9-10-25(22-17)21-8-4-6-19(15-21)13-18-5-3-7-20(14-18)24-12-11-23(2)16-24/h3-12,14-15H,13H2,1-2H3. The van der Waals surface area contributed by atoms with Crippen LogP contribution in [0.1, 0.15) is 16.8 Å². The van der Waals surface area contributed by atoms with Crippen LogP contribution in [-0.4, -0.2) is 14.3 Å². The van der Waals surface area contributed by atoms with Gasteiger partial charge in [0.25, 0.3) is 0 Å². The van der Waals surface area contributed by atoms with Gasteiger partial charge in [0.05, 0.1) is 24.1 Å². The number of hydrogen-bond acceptors (Lipinski definition) is 1. The summed E-state index contributed by atoms with van der Waals surface area (Å²) in [6, 6.07) is 19.1. The second-order valence-corrected chi connectivity index (χ2v) is 6.30. The van der Waals surface area contributed by atoms with Gasteiger partial charge >= 0.3 is 0 Å². The highest BCUT2D eigenvalue weighted by Gasteiger charge is 2.03. The minimum atomic E-state index is 0.884. The maximum atomic E-state index is 4.49. The monoisotopic (exact) mass is 328 g/mol. The predicted octanol–water partition coefficient (Wildman–Crippen LogP) is 3.19. The molecule has 4 heteroatoms. The summed E-state index contributed by atoms with van der Waals surface area (Å²) >= 11 is 0. The maximum Gasteiger partial charge on any atom is 0.243 e. The molecule has 0 bridgehead atoms. The molecule has 0 amide bonds. The highest BCUT2D eigenvalue weighted by molar-refractivity contribution is 5.41. The van der Waals surface area contributed by atoms with Crippen molar-refractivity contribution < 1.29 is 4.57 Å². The van der Waals surface area contributed by atoms with Crippen molar-refractivity contribution in [2.75, 3.05) is 0 Å². The Labute approximate surface area is 147 Å². The number of nitrogens with zero attached hydrogens (tertiary/aromatic N) is 4. The fourth-order valence-electron chi connectivity index (χ4n) is 2.97. The molecule has 0 aliphatic rings. The Kier molecular flexibility index (Phi) is 3.94. The van der Waals surface area contributed by atoms with Gasteiger partial charge in [0.2, 0.25) is 6.33 Å². The first-order chi connectivity index (χ1) is 12.2. The van der Waals surface area contributed by atoms with Gasteiger partial charge < -0.3 is 9.13 Å². The molecule has 0 saturated heterocycles. The summed E-state index contributed by atoms with van der Waals surface area (Å²) in [6.07, 6.45) is 10.1.